The van der Waals surface area contributed by atoms with Crippen molar-refractivity contribution in [1.29, 1.82) is 0 Å². The Kier molecular flexibility index (Phi) is 7.95. The van der Waals surface area contributed by atoms with E-state index in [9.17, 15) is 14.4 Å². The van der Waals surface area contributed by atoms with Gasteiger partial charge in [-0.05, 0) is 51.6 Å². The molecule has 9 nitrogen and oxygen atoms in total. The molecule has 32 heavy (non-hydrogen) atoms. The molecular formula is C23H39N5O4. The fraction of sp³-hybridized carbons (Fsp3) is 0.783. The number of hydrogen-bond acceptors (Lipinski definition) is 7. The highest BCUT2D eigenvalue weighted by Gasteiger charge is 2.29. The number of ether oxygens (including phenoxy) is 1. The average molecular weight is 450 g/mol. The van der Waals surface area contributed by atoms with Gasteiger partial charge in [0.05, 0.1) is 18.8 Å². The normalized spacial score (nSPS) is 23.7. The van der Waals surface area contributed by atoms with Gasteiger partial charge in [-0.15, -0.1) is 0 Å². The van der Waals surface area contributed by atoms with Gasteiger partial charge in [0.25, 0.3) is 5.56 Å². The molecule has 0 saturated carbocycles. The predicted molar refractivity (Wildman–Crippen MR) is 125 cm³/mol. The number of hydrogen-bond donors (Lipinski definition) is 1. The number of nitrogens with zero attached hydrogens (tertiary/aromatic N) is 4. The first kappa shape index (κ1) is 24.7. The molecule has 2 unspecified atom stereocenters. The van der Waals surface area contributed by atoms with Gasteiger partial charge in [0.1, 0.15) is 11.4 Å². The molecule has 3 heterocycles. The molecule has 1 aromatic heterocycles. The van der Waals surface area contributed by atoms with E-state index < -0.39 is 11.2 Å². The molecule has 0 aliphatic carbocycles. The van der Waals surface area contributed by atoms with Crippen LogP contribution in [0.15, 0.2) is 9.59 Å². The van der Waals surface area contributed by atoms with E-state index in [4.69, 9.17) is 10.5 Å². The smallest absolute Gasteiger partial charge is 0.332 e. The minimum Gasteiger partial charge on any atom is -0.384 e. The van der Waals surface area contributed by atoms with Crippen LogP contribution in [0.25, 0.3) is 0 Å². The number of morpholine rings is 1. The summed E-state index contributed by atoms with van der Waals surface area (Å²) < 4.78 is 8.16. The Hall–Kier alpha value is -1.97. The van der Waals surface area contributed by atoms with Gasteiger partial charge in [0.2, 0.25) is 0 Å². The molecule has 1 aromatic rings. The maximum absolute atomic E-state index is 13.1. The molecule has 0 aromatic carbocycles. The van der Waals surface area contributed by atoms with Crippen LogP contribution in [-0.4, -0.2) is 76.2 Å². The summed E-state index contributed by atoms with van der Waals surface area (Å²) in [5, 5.41) is 0. The molecule has 0 radical (unpaired) electrons. The average Bonchev–Trinajstić information content (AvgIpc) is 2.70. The van der Waals surface area contributed by atoms with Gasteiger partial charge in [0.15, 0.2) is 5.78 Å². The number of carbonyl (C=O) groups excluding carboxylic acids is 1. The molecule has 0 bridgehead atoms. The van der Waals surface area contributed by atoms with Gasteiger partial charge < -0.3 is 10.5 Å². The first-order valence-corrected chi connectivity index (χ1v) is 11.8. The first-order valence-electron chi connectivity index (χ1n) is 11.8. The van der Waals surface area contributed by atoms with Crippen molar-refractivity contribution in [2.24, 2.45) is 18.9 Å². The van der Waals surface area contributed by atoms with Crippen molar-refractivity contribution in [1.82, 2.24) is 18.9 Å². The Balaban J connectivity index is 1.62. The third-order valence-corrected chi connectivity index (χ3v) is 6.50. The Morgan fingerprint density at radius 1 is 1.09 bits per heavy atom. The lowest BCUT2D eigenvalue weighted by molar-refractivity contribution is -0.0731. The zero-order valence-corrected chi connectivity index (χ0v) is 20.2. The van der Waals surface area contributed by atoms with E-state index in [-0.39, 0.29) is 41.8 Å². The maximum Gasteiger partial charge on any atom is 0.332 e. The van der Waals surface area contributed by atoms with E-state index in [0.717, 1.165) is 50.1 Å². The van der Waals surface area contributed by atoms with Crippen LogP contribution in [0.3, 0.4) is 0 Å². The van der Waals surface area contributed by atoms with Crippen LogP contribution < -0.4 is 17.0 Å². The number of Topliss-reactive ketones (excluding diaryl/α,β-unsaturated/α-hetero) is 1. The SMILES string of the molecule is CC(C)Cn1c(N)c(C(=O)CN2CCC(CN3CC(C)OC(C)C3)CC2)c(=O)n(C)c1=O. The molecule has 3 rings (SSSR count). The summed E-state index contributed by atoms with van der Waals surface area (Å²) >= 11 is 0. The van der Waals surface area contributed by atoms with Crippen molar-refractivity contribution in [2.45, 2.75) is 59.3 Å². The number of likely N-dealkylation sites (tertiary alicyclic amines) is 1. The Bertz CT molecular complexity index is 920. The van der Waals surface area contributed by atoms with Crippen LogP contribution in [0.2, 0.25) is 0 Å². The van der Waals surface area contributed by atoms with E-state index in [1.54, 1.807) is 0 Å². The minimum absolute atomic E-state index is 0.0118. The molecule has 0 amide bonds. The quantitative estimate of drug-likeness (QED) is 0.614. The monoisotopic (exact) mass is 449 g/mol. The number of anilines is 1. The molecule has 2 atom stereocenters. The zero-order valence-electron chi connectivity index (χ0n) is 20.2. The van der Waals surface area contributed by atoms with Gasteiger partial charge in [-0.2, -0.15) is 0 Å². The number of piperidine rings is 1. The van der Waals surface area contributed by atoms with E-state index in [0.29, 0.717) is 12.5 Å². The second-order valence-electron chi connectivity index (χ2n) is 10.0. The van der Waals surface area contributed by atoms with Crippen molar-refractivity contribution < 1.29 is 9.53 Å². The Morgan fingerprint density at radius 2 is 1.69 bits per heavy atom. The number of nitrogens with two attached hydrogens (primary N) is 1. The highest BCUT2D eigenvalue weighted by Crippen LogP contribution is 2.21. The standard InChI is InChI=1S/C23H39N5O4/c1-15(2)10-28-21(24)20(22(30)25(5)23(28)31)19(29)14-26-8-6-18(7-9-26)13-27-11-16(3)32-17(4)12-27/h15-18H,6-14,24H2,1-5H3. The molecule has 0 spiro atoms. The molecular weight excluding hydrogens is 410 g/mol. The second kappa shape index (κ2) is 10.3. The fourth-order valence-corrected chi connectivity index (χ4v) is 4.99. The van der Waals surface area contributed by atoms with E-state index in [1.807, 2.05) is 13.8 Å². The predicted octanol–water partition coefficient (Wildman–Crippen LogP) is 0.789. The maximum atomic E-state index is 13.1. The molecule has 2 fully saturated rings. The Morgan fingerprint density at radius 3 is 2.25 bits per heavy atom. The summed E-state index contributed by atoms with van der Waals surface area (Å²) in [6.45, 7) is 13.3. The molecule has 2 saturated heterocycles. The number of carbonyl (C=O) groups is 1. The topological polar surface area (TPSA) is 103 Å². The molecule has 180 valence electrons. The van der Waals surface area contributed by atoms with E-state index in [1.165, 1.54) is 11.6 Å². The van der Waals surface area contributed by atoms with E-state index >= 15 is 0 Å². The number of rotatable bonds is 7. The summed E-state index contributed by atoms with van der Waals surface area (Å²) in [5.41, 5.74) is 5.00. The highest BCUT2D eigenvalue weighted by atomic mass is 16.5. The minimum atomic E-state index is -0.608. The lowest BCUT2D eigenvalue weighted by Crippen LogP contribution is -2.49. The van der Waals surface area contributed by atoms with Crippen molar-refractivity contribution in [3.8, 4) is 0 Å². The summed E-state index contributed by atoms with van der Waals surface area (Å²) in [5.74, 6) is 0.439. The van der Waals surface area contributed by atoms with Crippen molar-refractivity contribution in [3.63, 3.8) is 0 Å². The first-order chi connectivity index (χ1) is 15.1. The third kappa shape index (κ3) is 5.68. The number of nitrogen functional groups attached to an aromatic ring is 1. The largest absolute Gasteiger partial charge is 0.384 e. The third-order valence-electron chi connectivity index (χ3n) is 6.50. The van der Waals surface area contributed by atoms with Crippen LogP contribution in [0, 0.1) is 11.8 Å². The lowest BCUT2D eigenvalue weighted by Gasteiger charge is -2.39. The van der Waals surface area contributed by atoms with Gasteiger partial charge in [0, 0.05) is 33.2 Å². The summed E-state index contributed by atoms with van der Waals surface area (Å²) in [7, 11) is 1.40. The molecule has 2 N–H and O–H groups in total. The van der Waals surface area contributed by atoms with E-state index in [2.05, 4.69) is 23.6 Å². The van der Waals surface area contributed by atoms with Crippen LogP contribution in [0.5, 0.6) is 0 Å². The zero-order chi connectivity index (χ0) is 23.6. The van der Waals surface area contributed by atoms with Crippen molar-refractivity contribution in [2.75, 3.05) is 45.0 Å². The summed E-state index contributed by atoms with van der Waals surface area (Å²) in [6.07, 6.45) is 2.58. The van der Waals surface area contributed by atoms with Crippen molar-refractivity contribution in [3.05, 3.63) is 26.4 Å². The molecule has 9 heteroatoms. The molecule has 2 aliphatic heterocycles. The lowest BCUT2D eigenvalue weighted by atomic mass is 9.95. The highest BCUT2D eigenvalue weighted by molar-refractivity contribution is 6.01. The summed E-state index contributed by atoms with van der Waals surface area (Å²) in [4.78, 5) is 42.8. The van der Waals surface area contributed by atoms with Gasteiger partial charge in [-0.25, -0.2) is 4.79 Å². The fourth-order valence-electron chi connectivity index (χ4n) is 4.99. The number of aromatic nitrogens is 2. The van der Waals surface area contributed by atoms with Crippen LogP contribution >= 0.6 is 0 Å². The second-order valence-corrected chi connectivity index (χ2v) is 10.0. The van der Waals surface area contributed by atoms with Gasteiger partial charge >= 0.3 is 5.69 Å². The van der Waals surface area contributed by atoms with Crippen LogP contribution in [0.1, 0.15) is 50.9 Å². The van der Waals surface area contributed by atoms with Gasteiger partial charge in [-0.1, -0.05) is 13.8 Å². The number of ketones is 1. The summed E-state index contributed by atoms with van der Waals surface area (Å²) in [6, 6.07) is 0. The van der Waals surface area contributed by atoms with Crippen LogP contribution in [0.4, 0.5) is 5.82 Å². The van der Waals surface area contributed by atoms with Crippen molar-refractivity contribution >= 4 is 11.6 Å². The Labute approximate surface area is 190 Å². The van der Waals surface area contributed by atoms with Gasteiger partial charge in [-0.3, -0.25) is 28.5 Å². The van der Waals surface area contributed by atoms with Crippen LogP contribution in [-0.2, 0) is 18.3 Å². The molecule has 2 aliphatic rings.